The Morgan fingerprint density at radius 2 is 2.00 bits per heavy atom. The lowest BCUT2D eigenvalue weighted by atomic mass is 10.0. The summed E-state index contributed by atoms with van der Waals surface area (Å²) in [6.07, 6.45) is 0.580. The molecule has 114 valence electrons. The van der Waals surface area contributed by atoms with Crippen LogP contribution in [0.1, 0.15) is 13.3 Å². The Bertz CT molecular complexity index is 371. The summed E-state index contributed by atoms with van der Waals surface area (Å²) >= 11 is 0. The van der Waals surface area contributed by atoms with Crippen LogP contribution in [0.4, 0.5) is 0 Å². The first kappa shape index (κ1) is 15.2. The Morgan fingerprint density at radius 1 is 1.30 bits per heavy atom. The Labute approximate surface area is 118 Å². The van der Waals surface area contributed by atoms with Gasteiger partial charge in [0.15, 0.2) is 0 Å². The topological polar surface area (TPSA) is 82.1 Å². The molecule has 0 unspecified atom stereocenters. The zero-order valence-electron chi connectivity index (χ0n) is 11.9. The highest BCUT2D eigenvalue weighted by Gasteiger charge is 2.39. The number of carbonyl (C=O) groups excluding carboxylic acids is 2. The molecule has 0 radical (unpaired) electrons. The van der Waals surface area contributed by atoms with E-state index in [1.165, 1.54) is 6.92 Å². The average Bonchev–Trinajstić information content (AvgIpc) is 2.79. The minimum absolute atomic E-state index is 0.00294. The zero-order valence-corrected chi connectivity index (χ0v) is 11.9. The number of rotatable bonds is 4. The first-order valence-corrected chi connectivity index (χ1v) is 7.03. The molecule has 7 heteroatoms. The van der Waals surface area contributed by atoms with Crippen LogP contribution in [-0.2, 0) is 14.3 Å². The number of carbonyl (C=O) groups is 2. The van der Waals surface area contributed by atoms with Crippen LogP contribution in [0, 0.1) is 0 Å². The van der Waals surface area contributed by atoms with Crippen molar-refractivity contribution in [3.05, 3.63) is 0 Å². The number of ether oxygens (including phenoxy) is 1. The second-order valence-corrected chi connectivity index (χ2v) is 5.59. The van der Waals surface area contributed by atoms with Gasteiger partial charge in [0.05, 0.1) is 31.9 Å². The van der Waals surface area contributed by atoms with E-state index in [1.54, 1.807) is 4.90 Å². The van der Waals surface area contributed by atoms with Crippen molar-refractivity contribution in [2.45, 2.75) is 18.9 Å². The number of β-amino-alcohol motifs (C(OH)–C–C–N with tert-alkyl or cyclic N) is 1. The molecule has 2 rings (SSSR count). The van der Waals surface area contributed by atoms with Crippen LogP contribution >= 0.6 is 0 Å². The molecule has 0 spiro atoms. The predicted octanol–water partition coefficient (Wildman–Crippen LogP) is -1.58. The van der Waals surface area contributed by atoms with Gasteiger partial charge in [-0.3, -0.25) is 14.5 Å². The summed E-state index contributed by atoms with van der Waals surface area (Å²) in [4.78, 5) is 26.5. The lowest BCUT2D eigenvalue weighted by Crippen LogP contribution is -2.49. The maximum atomic E-state index is 11.9. The quantitative estimate of drug-likeness (QED) is 0.651. The van der Waals surface area contributed by atoms with Crippen LogP contribution < -0.4 is 5.32 Å². The van der Waals surface area contributed by atoms with Gasteiger partial charge in [-0.15, -0.1) is 0 Å². The van der Waals surface area contributed by atoms with Gasteiger partial charge < -0.3 is 20.1 Å². The summed E-state index contributed by atoms with van der Waals surface area (Å²) in [5.41, 5.74) is -0.844. The molecule has 0 aromatic carbocycles. The van der Waals surface area contributed by atoms with Crippen molar-refractivity contribution in [2.24, 2.45) is 0 Å². The van der Waals surface area contributed by atoms with Gasteiger partial charge in [-0.25, -0.2) is 0 Å². The van der Waals surface area contributed by atoms with E-state index in [9.17, 15) is 14.7 Å². The van der Waals surface area contributed by atoms with Crippen molar-refractivity contribution in [1.82, 2.24) is 15.1 Å². The minimum Gasteiger partial charge on any atom is -0.387 e. The second-order valence-electron chi connectivity index (χ2n) is 5.59. The SMILES string of the molecule is CC(=O)NCC(=O)N1CC[C@](O)(CN2CCOCC2)C1. The zero-order chi connectivity index (χ0) is 14.6. The number of aliphatic hydroxyl groups is 1. The van der Waals surface area contributed by atoms with Crippen LogP contribution in [0.15, 0.2) is 0 Å². The van der Waals surface area contributed by atoms with E-state index in [2.05, 4.69) is 10.2 Å². The van der Waals surface area contributed by atoms with Crippen molar-refractivity contribution in [1.29, 1.82) is 0 Å². The van der Waals surface area contributed by atoms with E-state index >= 15 is 0 Å². The summed E-state index contributed by atoms with van der Waals surface area (Å²) in [5, 5.41) is 13.1. The summed E-state index contributed by atoms with van der Waals surface area (Å²) < 4.78 is 5.28. The first-order valence-electron chi connectivity index (χ1n) is 7.03. The fourth-order valence-corrected chi connectivity index (χ4v) is 2.69. The third kappa shape index (κ3) is 4.16. The number of morpholine rings is 1. The fraction of sp³-hybridized carbons (Fsp3) is 0.846. The third-order valence-corrected chi connectivity index (χ3v) is 3.80. The average molecular weight is 285 g/mol. The van der Waals surface area contributed by atoms with Crippen LogP contribution in [0.5, 0.6) is 0 Å². The van der Waals surface area contributed by atoms with Crippen molar-refractivity contribution in [2.75, 3.05) is 52.5 Å². The van der Waals surface area contributed by atoms with Gasteiger partial charge in [0.2, 0.25) is 11.8 Å². The molecule has 2 N–H and O–H groups in total. The van der Waals surface area contributed by atoms with E-state index in [4.69, 9.17) is 4.74 Å². The highest BCUT2D eigenvalue weighted by Crippen LogP contribution is 2.22. The lowest BCUT2D eigenvalue weighted by molar-refractivity contribution is -0.132. The van der Waals surface area contributed by atoms with Gasteiger partial charge in [0.1, 0.15) is 0 Å². The highest BCUT2D eigenvalue weighted by molar-refractivity contribution is 5.83. The Morgan fingerprint density at radius 3 is 2.65 bits per heavy atom. The van der Waals surface area contributed by atoms with Gasteiger partial charge in [0, 0.05) is 33.1 Å². The summed E-state index contributed by atoms with van der Waals surface area (Å²) in [7, 11) is 0. The van der Waals surface area contributed by atoms with Gasteiger partial charge in [-0.1, -0.05) is 0 Å². The molecule has 1 atom stereocenters. The van der Waals surface area contributed by atoms with Crippen molar-refractivity contribution >= 4 is 11.8 Å². The van der Waals surface area contributed by atoms with Gasteiger partial charge in [0.25, 0.3) is 0 Å². The number of hydrogen-bond donors (Lipinski definition) is 2. The first-order chi connectivity index (χ1) is 9.48. The normalized spacial score (nSPS) is 27.6. The van der Waals surface area contributed by atoms with Crippen LogP contribution in [-0.4, -0.2) is 84.8 Å². The molecular weight excluding hydrogens is 262 g/mol. The van der Waals surface area contributed by atoms with Crippen molar-refractivity contribution < 1.29 is 19.4 Å². The predicted molar refractivity (Wildman–Crippen MR) is 72.1 cm³/mol. The number of hydrogen-bond acceptors (Lipinski definition) is 5. The van der Waals surface area contributed by atoms with Gasteiger partial charge in [-0.05, 0) is 6.42 Å². The van der Waals surface area contributed by atoms with Crippen LogP contribution in [0.25, 0.3) is 0 Å². The minimum atomic E-state index is -0.844. The Hall–Kier alpha value is -1.18. The molecular formula is C13H23N3O4. The smallest absolute Gasteiger partial charge is 0.242 e. The molecule has 0 bridgehead atoms. The molecule has 2 aliphatic rings. The van der Waals surface area contributed by atoms with Gasteiger partial charge >= 0.3 is 0 Å². The van der Waals surface area contributed by atoms with Crippen molar-refractivity contribution in [3.63, 3.8) is 0 Å². The fourth-order valence-electron chi connectivity index (χ4n) is 2.69. The second kappa shape index (κ2) is 6.51. The molecule has 20 heavy (non-hydrogen) atoms. The summed E-state index contributed by atoms with van der Waals surface area (Å²) in [5.74, 6) is -0.362. The molecule has 0 saturated carbocycles. The van der Waals surface area contributed by atoms with E-state index in [1.807, 2.05) is 0 Å². The van der Waals surface area contributed by atoms with Crippen LogP contribution in [0.3, 0.4) is 0 Å². The van der Waals surface area contributed by atoms with E-state index in [-0.39, 0.29) is 18.4 Å². The molecule has 2 fully saturated rings. The van der Waals surface area contributed by atoms with E-state index in [0.29, 0.717) is 39.3 Å². The molecule has 0 aromatic heterocycles. The molecule has 2 aliphatic heterocycles. The summed E-state index contributed by atoms with van der Waals surface area (Å²) in [6, 6.07) is 0. The summed E-state index contributed by atoms with van der Waals surface area (Å²) in [6.45, 7) is 5.87. The molecule has 0 aromatic rings. The number of likely N-dealkylation sites (tertiary alicyclic amines) is 1. The lowest BCUT2D eigenvalue weighted by Gasteiger charge is -2.33. The van der Waals surface area contributed by atoms with Crippen LogP contribution in [0.2, 0.25) is 0 Å². The van der Waals surface area contributed by atoms with Crippen molar-refractivity contribution in [3.8, 4) is 0 Å². The monoisotopic (exact) mass is 285 g/mol. The number of nitrogens with one attached hydrogen (secondary N) is 1. The highest BCUT2D eigenvalue weighted by atomic mass is 16.5. The van der Waals surface area contributed by atoms with E-state index in [0.717, 1.165) is 13.1 Å². The van der Waals surface area contributed by atoms with Gasteiger partial charge in [-0.2, -0.15) is 0 Å². The third-order valence-electron chi connectivity index (χ3n) is 3.80. The molecule has 2 heterocycles. The maximum Gasteiger partial charge on any atom is 0.242 e. The molecule has 7 nitrogen and oxygen atoms in total. The molecule has 2 amide bonds. The number of amides is 2. The maximum absolute atomic E-state index is 11.9. The Kier molecular flexibility index (Phi) is 4.95. The molecule has 2 saturated heterocycles. The van der Waals surface area contributed by atoms with E-state index < -0.39 is 5.60 Å². The molecule has 0 aliphatic carbocycles. The Balaban J connectivity index is 1.80. The number of nitrogens with zero attached hydrogens (tertiary/aromatic N) is 2. The largest absolute Gasteiger partial charge is 0.387 e. The standard InChI is InChI=1S/C13H23N3O4/c1-11(17)14-8-12(18)16-3-2-13(19,10-16)9-15-4-6-20-7-5-15/h19H,2-10H2,1H3,(H,14,17)/t13-/m0/s1.